The third-order valence-corrected chi connectivity index (χ3v) is 4.48. The van der Waals surface area contributed by atoms with E-state index in [1.165, 1.54) is 4.88 Å². The van der Waals surface area contributed by atoms with E-state index in [0.717, 1.165) is 23.8 Å². The van der Waals surface area contributed by atoms with Crippen molar-refractivity contribution in [1.82, 2.24) is 20.2 Å². The Balaban J connectivity index is 1.68. The van der Waals surface area contributed by atoms with Gasteiger partial charge in [0.25, 0.3) is 0 Å². The fourth-order valence-electron chi connectivity index (χ4n) is 1.45. The molecular weight excluding hydrogens is 254 g/mol. The molecule has 1 unspecified atom stereocenters. The van der Waals surface area contributed by atoms with Gasteiger partial charge in [-0.3, -0.25) is 0 Å². The third-order valence-electron chi connectivity index (χ3n) is 2.38. The van der Waals surface area contributed by atoms with E-state index in [-0.39, 0.29) is 6.04 Å². The molecule has 0 aliphatic heterocycles. The minimum atomic E-state index is 0.160. The molecule has 1 atom stereocenters. The van der Waals surface area contributed by atoms with E-state index >= 15 is 0 Å². The summed E-state index contributed by atoms with van der Waals surface area (Å²) in [5, 5.41) is 14.2. The lowest BCUT2D eigenvalue weighted by molar-refractivity contribution is 0.647. The van der Waals surface area contributed by atoms with Crippen LogP contribution >= 0.6 is 23.1 Å². The van der Waals surface area contributed by atoms with Gasteiger partial charge in [0, 0.05) is 23.7 Å². The van der Waals surface area contributed by atoms with Gasteiger partial charge in [0.15, 0.2) is 0 Å². The average Bonchev–Trinajstić information content (AvgIpc) is 2.96. The zero-order valence-electron chi connectivity index (χ0n) is 9.61. The zero-order chi connectivity index (χ0) is 12.1. The summed E-state index contributed by atoms with van der Waals surface area (Å²) in [6.45, 7) is 0. The monoisotopic (exact) mass is 269 g/mol. The van der Waals surface area contributed by atoms with E-state index in [1.807, 2.05) is 13.1 Å². The predicted molar refractivity (Wildman–Crippen MR) is 70.0 cm³/mol. The number of nitrogens with two attached hydrogens (primary N) is 1. The number of aromatic nitrogens is 4. The highest BCUT2D eigenvalue weighted by molar-refractivity contribution is 7.99. The lowest BCUT2D eigenvalue weighted by Gasteiger charge is -2.08. The lowest BCUT2D eigenvalue weighted by atomic mass is 10.1. The first kappa shape index (κ1) is 12.5. The number of rotatable bonds is 6. The first-order valence-electron chi connectivity index (χ1n) is 5.41. The predicted octanol–water partition coefficient (Wildman–Crippen LogP) is 1.84. The Morgan fingerprint density at radius 1 is 1.59 bits per heavy atom. The van der Waals surface area contributed by atoms with Crippen LogP contribution in [0.4, 0.5) is 0 Å². The maximum Gasteiger partial charge on any atom is 0.209 e. The normalized spacial score (nSPS) is 12.8. The van der Waals surface area contributed by atoms with E-state index in [1.54, 1.807) is 27.8 Å². The van der Waals surface area contributed by atoms with Gasteiger partial charge in [-0.25, -0.2) is 4.68 Å². The summed E-state index contributed by atoms with van der Waals surface area (Å²) in [4.78, 5) is 1.26. The van der Waals surface area contributed by atoms with Crippen molar-refractivity contribution in [1.29, 1.82) is 0 Å². The van der Waals surface area contributed by atoms with Crippen LogP contribution < -0.4 is 5.73 Å². The minimum absolute atomic E-state index is 0.160. The molecule has 0 aliphatic rings. The molecule has 5 nitrogen and oxygen atoms in total. The summed E-state index contributed by atoms with van der Waals surface area (Å²) in [6, 6.07) is 4.29. The number of thiophene rings is 1. The molecule has 0 saturated carbocycles. The second-order valence-electron chi connectivity index (χ2n) is 3.70. The molecule has 0 amide bonds. The van der Waals surface area contributed by atoms with Gasteiger partial charge in [-0.1, -0.05) is 17.8 Å². The maximum absolute atomic E-state index is 6.08. The molecular formula is C10H15N5S2. The maximum atomic E-state index is 6.08. The van der Waals surface area contributed by atoms with Crippen molar-refractivity contribution in [2.24, 2.45) is 12.8 Å². The molecule has 0 spiro atoms. The number of tetrazole rings is 1. The Morgan fingerprint density at radius 3 is 3.12 bits per heavy atom. The zero-order valence-corrected chi connectivity index (χ0v) is 11.2. The van der Waals surface area contributed by atoms with Crippen LogP contribution in [0.5, 0.6) is 0 Å². The van der Waals surface area contributed by atoms with Gasteiger partial charge in [-0.2, -0.15) is 0 Å². The standard InChI is InChI=1S/C10H15N5S2/c1-15-10(12-13-14-15)17-7-2-4-8(11)9-5-3-6-16-9/h3,5-6,8H,2,4,7,11H2,1H3. The topological polar surface area (TPSA) is 69.6 Å². The Hall–Kier alpha value is -0.920. The smallest absolute Gasteiger partial charge is 0.209 e. The largest absolute Gasteiger partial charge is 0.323 e. The summed E-state index contributed by atoms with van der Waals surface area (Å²) >= 11 is 3.39. The SMILES string of the molecule is Cn1nnnc1SCCCC(N)c1cccs1. The first-order chi connectivity index (χ1) is 8.27. The fourth-order valence-corrected chi connectivity index (χ4v) is 3.03. The highest BCUT2D eigenvalue weighted by Crippen LogP contribution is 2.22. The van der Waals surface area contributed by atoms with Gasteiger partial charge in [0.2, 0.25) is 5.16 Å². The molecule has 92 valence electrons. The number of aryl methyl sites for hydroxylation is 1. The molecule has 2 heterocycles. The van der Waals surface area contributed by atoms with Gasteiger partial charge in [0.1, 0.15) is 0 Å². The Kier molecular flexibility index (Phi) is 4.52. The summed E-state index contributed by atoms with van der Waals surface area (Å²) in [5.74, 6) is 0.993. The molecule has 17 heavy (non-hydrogen) atoms. The second-order valence-corrected chi connectivity index (χ2v) is 5.74. The van der Waals surface area contributed by atoms with Crippen molar-refractivity contribution in [2.45, 2.75) is 24.0 Å². The molecule has 2 aromatic rings. The van der Waals surface area contributed by atoms with Crippen LogP contribution in [-0.2, 0) is 7.05 Å². The molecule has 7 heteroatoms. The average molecular weight is 269 g/mol. The highest BCUT2D eigenvalue weighted by Gasteiger charge is 2.07. The molecule has 2 N–H and O–H groups in total. The third kappa shape index (κ3) is 3.52. The lowest BCUT2D eigenvalue weighted by Crippen LogP contribution is -2.08. The summed E-state index contributed by atoms with van der Waals surface area (Å²) in [5.41, 5.74) is 6.08. The number of thioether (sulfide) groups is 1. The Morgan fingerprint density at radius 2 is 2.47 bits per heavy atom. The highest BCUT2D eigenvalue weighted by atomic mass is 32.2. The van der Waals surface area contributed by atoms with Crippen molar-refractivity contribution >= 4 is 23.1 Å². The van der Waals surface area contributed by atoms with Crippen LogP contribution in [0, 0.1) is 0 Å². The molecule has 0 aliphatic carbocycles. The van der Waals surface area contributed by atoms with Gasteiger partial charge < -0.3 is 5.73 Å². The Labute approximate surface area is 108 Å². The van der Waals surface area contributed by atoms with Crippen LogP contribution in [0.3, 0.4) is 0 Å². The summed E-state index contributed by atoms with van der Waals surface area (Å²) < 4.78 is 1.68. The van der Waals surface area contributed by atoms with E-state index in [4.69, 9.17) is 5.73 Å². The van der Waals surface area contributed by atoms with Crippen LogP contribution in [0.25, 0.3) is 0 Å². The molecule has 2 rings (SSSR count). The quantitative estimate of drug-likeness (QED) is 0.640. The van der Waals surface area contributed by atoms with Crippen LogP contribution in [-0.4, -0.2) is 26.0 Å². The molecule has 0 aromatic carbocycles. The van der Waals surface area contributed by atoms with Crippen LogP contribution in [0.15, 0.2) is 22.7 Å². The first-order valence-corrected chi connectivity index (χ1v) is 7.28. The number of nitrogens with zero attached hydrogens (tertiary/aromatic N) is 4. The van der Waals surface area contributed by atoms with E-state index < -0.39 is 0 Å². The van der Waals surface area contributed by atoms with E-state index in [0.29, 0.717) is 0 Å². The van der Waals surface area contributed by atoms with E-state index in [9.17, 15) is 0 Å². The van der Waals surface area contributed by atoms with Crippen LogP contribution in [0.2, 0.25) is 0 Å². The second kappa shape index (κ2) is 6.13. The summed E-state index contributed by atoms with van der Waals surface area (Å²) in [7, 11) is 1.85. The van der Waals surface area contributed by atoms with Crippen molar-refractivity contribution in [3.63, 3.8) is 0 Å². The Bertz CT molecular complexity index is 439. The molecule has 0 radical (unpaired) electrons. The molecule has 0 fully saturated rings. The van der Waals surface area contributed by atoms with Crippen molar-refractivity contribution in [3.05, 3.63) is 22.4 Å². The fraction of sp³-hybridized carbons (Fsp3) is 0.500. The minimum Gasteiger partial charge on any atom is -0.323 e. The van der Waals surface area contributed by atoms with Crippen molar-refractivity contribution in [3.8, 4) is 0 Å². The molecule has 0 saturated heterocycles. The van der Waals surface area contributed by atoms with Crippen molar-refractivity contribution in [2.75, 3.05) is 5.75 Å². The molecule has 0 bridgehead atoms. The van der Waals surface area contributed by atoms with Gasteiger partial charge >= 0.3 is 0 Å². The van der Waals surface area contributed by atoms with Crippen molar-refractivity contribution < 1.29 is 0 Å². The van der Waals surface area contributed by atoms with Gasteiger partial charge in [-0.05, 0) is 34.7 Å². The number of hydrogen-bond donors (Lipinski definition) is 1. The van der Waals surface area contributed by atoms with Crippen LogP contribution in [0.1, 0.15) is 23.8 Å². The van der Waals surface area contributed by atoms with E-state index in [2.05, 4.69) is 27.0 Å². The van der Waals surface area contributed by atoms with Gasteiger partial charge in [0.05, 0.1) is 0 Å². The summed E-state index contributed by atoms with van der Waals surface area (Å²) in [6.07, 6.45) is 2.06. The van der Waals surface area contributed by atoms with Gasteiger partial charge in [-0.15, -0.1) is 16.4 Å². The molecule has 2 aromatic heterocycles. The number of hydrogen-bond acceptors (Lipinski definition) is 6.